The molecule has 0 aliphatic carbocycles. The lowest BCUT2D eigenvalue weighted by atomic mass is 10.2. The highest BCUT2D eigenvalue weighted by Crippen LogP contribution is 2.16. The van der Waals surface area contributed by atoms with Gasteiger partial charge in [-0.15, -0.1) is 0 Å². The van der Waals surface area contributed by atoms with Crippen molar-refractivity contribution in [1.29, 1.82) is 0 Å². The number of hydrogen-bond donors (Lipinski definition) is 1. The fraction of sp³-hybridized carbons (Fsp3) is 0.235. The Labute approximate surface area is 140 Å². The summed E-state index contributed by atoms with van der Waals surface area (Å²) in [4.78, 5) is 4.41. The highest BCUT2D eigenvalue weighted by atomic mass is 32.2. The maximum atomic E-state index is 13.1. The molecule has 126 valence electrons. The van der Waals surface area contributed by atoms with E-state index in [1.165, 1.54) is 12.1 Å². The molecule has 1 aromatic heterocycles. The van der Waals surface area contributed by atoms with Crippen molar-refractivity contribution < 1.29 is 12.8 Å². The zero-order valence-corrected chi connectivity index (χ0v) is 14.1. The number of nitrogens with zero attached hydrogens (tertiary/aromatic N) is 2. The molecular weight excluding hydrogens is 329 g/mol. The van der Waals surface area contributed by atoms with Crippen LogP contribution in [0.1, 0.15) is 12.0 Å². The summed E-state index contributed by atoms with van der Waals surface area (Å²) in [6.45, 7) is 2.53. The van der Waals surface area contributed by atoms with Crippen molar-refractivity contribution in [3.63, 3.8) is 0 Å². The molecule has 1 heterocycles. The molecule has 0 aliphatic heterocycles. The molecule has 3 rings (SSSR count). The van der Waals surface area contributed by atoms with Crippen LogP contribution in [-0.4, -0.2) is 24.5 Å². The molecule has 0 aliphatic rings. The van der Waals surface area contributed by atoms with Crippen molar-refractivity contribution in [3.8, 4) is 0 Å². The van der Waals surface area contributed by atoms with Gasteiger partial charge in [-0.3, -0.25) is 0 Å². The van der Waals surface area contributed by atoms with Crippen LogP contribution >= 0.6 is 0 Å². The van der Waals surface area contributed by atoms with Gasteiger partial charge in [0.05, 0.1) is 22.3 Å². The number of para-hydroxylation sites is 2. The van der Waals surface area contributed by atoms with Crippen LogP contribution in [0.5, 0.6) is 0 Å². The summed E-state index contributed by atoms with van der Waals surface area (Å²) >= 11 is 0. The van der Waals surface area contributed by atoms with Gasteiger partial charge < -0.3 is 4.57 Å². The van der Waals surface area contributed by atoms with E-state index in [0.717, 1.165) is 17.1 Å². The van der Waals surface area contributed by atoms with Crippen molar-refractivity contribution in [3.05, 3.63) is 60.2 Å². The molecule has 0 bridgehead atoms. The largest absolute Gasteiger partial charge is 0.331 e. The lowest BCUT2D eigenvalue weighted by molar-refractivity contribution is 0.570. The van der Waals surface area contributed by atoms with E-state index >= 15 is 0 Å². The number of rotatable bonds is 6. The summed E-state index contributed by atoms with van der Waals surface area (Å²) in [7, 11) is -3.63. The molecule has 7 heteroatoms. The first-order valence-electron chi connectivity index (χ1n) is 7.63. The fourth-order valence-corrected chi connectivity index (χ4v) is 3.94. The van der Waals surface area contributed by atoms with Gasteiger partial charge in [-0.1, -0.05) is 12.1 Å². The van der Waals surface area contributed by atoms with Crippen LogP contribution in [0.3, 0.4) is 0 Å². The number of aryl methyl sites for hydroxylation is 2. The van der Waals surface area contributed by atoms with E-state index in [0.29, 0.717) is 25.1 Å². The summed E-state index contributed by atoms with van der Waals surface area (Å²) in [5.74, 6) is -0.446. The van der Waals surface area contributed by atoms with Crippen LogP contribution < -0.4 is 4.72 Å². The van der Waals surface area contributed by atoms with Gasteiger partial charge in [0.25, 0.3) is 0 Å². The third-order valence-electron chi connectivity index (χ3n) is 3.82. The molecule has 0 radical (unpaired) electrons. The second kappa shape index (κ2) is 6.70. The minimum absolute atomic E-state index is 0.108. The third kappa shape index (κ3) is 3.47. The molecule has 0 fully saturated rings. The van der Waals surface area contributed by atoms with Crippen LogP contribution in [0.15, 0.2) is 53.7 Å². The highest BCUT2D eigenvalue weighted by Gasteiger charge is 2.16. The van der Waals surface area contributed by atoms with E-state index in [1.54, 1.807) is 13.3 Å². The van der Waals surface area contributed by atoms with Crippen LogP contribution in [0.25, 0.3) is 11.0 Å². The monoisotopic (exact) mass is 347 g/mol. The molecule has 0 spiro atoms. The first kappa shape index (κ1) is 16.6. The number of nitrogens with one attached hydrogen (secondary N) is 1. The van der Waals surface area contributed by atoms with Crippen molar-refractivity contribution in [2.24, 2.45) is 0 Å². The van der Waals surface area contributed by atoms with Gasteiger partial charge in [0.2, 0.25) is 10.0 Å². The molecular formula is C17H18FN3O2S. The van der Waals surface area contributed by atoms with Gasteiger partial charge in [-0.05, 0) is 49.2 Å². The summed E-state index contributed by atoms with van der Waals surface area (Å²) in [5.41, 5.74) is 2.33. The van der Waals surface area contributed by atoms with E-state index in [9.17, 15) is 12.8 Å². The molecule has 3 aromatic rings. The smallest absolute Gasteiger partial charge is 0.240 e. The topological polar surface area (TPSA) is 64.0 Å². The predicted octanol–water partition coefficient (Wildman–Crippen LogP) is 2.85. The van der Waals surface area contributed by atoms with Crippen molar-refractivity contribution >= 4 is 21.1 Å². The zero-order chi connectivity index (χ0) is 17.2. The molecule has 0 saturated heterocycles. The quantitative estimate of drug-likeness (QED) is 0.698. The van der Waals surface area contributed by atoms with Crippen molar-refractivity contribution in [2.45, 2.75) is 24.8 Å². The maximum Gasteiger partial charge on any atom is 0.240 e. The van der Waals surface area contributed by atoms with Gasteiger partial charge in [0.1, 0.15) is 5.82 Å². The Morgan fingerprint density at radius 2 is 2.00 bits per heavy atom. The van der Waals surface area contributed by atoms with Crippen molar-refractivity contribution in [2.75, 3.05) is 6.54 Å². The second-order valence-electron chi connectivity index (χ2n) is 5.59. The maximum absolute atomic E-state index is 13.1. The molecule has 24 heavy (non-hydrogen) atoms. The Kier molecular flexibility index (Phi) is 4.64. The lowest BCUT2D eigenvalue weighted by Crippen LogP contribution is -2.26. The van der Waals surface area contributed by atoms with Crippen LogP contribution in [0.4, 0.5) is 4.39 Å². The molecule has 5 nitrogen and oxygen atoms in total. The predicted molar refractivity (Wildman–Crippen MR) is 90.7 cm³/mol. The molecule has 0 saturated carbocycles. The number of benzene rings is 2. The van der Waals surface area contributed by atoms with Crippen LogP contribution in [0.2, 0.25) is 0 Å². The molecule has 0 amide bonds. The number of halogens is 1. The summed E-state index contributed by atoms with van der Waals surface area (Å²) in [6, 6.07) is 11.4. The second-order valence-corrected chi connectivity index (χ2v) is 7.32. The number of hydrogen-bond acceptors (Lipinski definition) is 3. The average molecular weight is 347 g/mol. The fourth-order valence-electron chi connectivity index (χ4n) is 2.64. The van der Waals surface area contributed by atoms with E-state index < -0.39 is 15.8 Å². The Morgan fingerprint density at radius 3 is 2.79 bits per heavy atom. The van der Waals surface area contributed by atoms with Crippen LogP contribution in [-0.2, 0) is 16.6 Å². The summed E-state index contributed by atoms with van der Waals surface area (Å²) in [5, 5.41) is 0. The van der Waals surface area contributed by atoms with E-state index in [1.807, 2.05) is 28.8 Å². The van der Waals surface area contributed by atoms with Gasteiger partial charge >= 0.3 is 0 Å². The van der Waals surface area contributed by atoms with Gasteiger partial charge in [0, 0.05) is 13.1 Å². The minimum atomic E-state index is -3.63. The van der Waals surface area contributed by atoms with E-state index in [2.05, 4.69) is 9.71 Å². The zero-order valence-electron chi connectivity index (χ0n) is 13.2. The van der Waals surface area contributed by atoms with Gasteiger partial charge in [-0.2, -0.15) is 0 Å². The number of imidazole rings is 1. The first-order chi connectivity index (χ1) is 11.5. The molecule has 0 atom stereocenters. The number of fused-ring (bicyclic) bond motifs is 1. The average Bonchev–Trinajstić information content (AvgIpc) is 2.94. The molecule has 1 N–H and O–H groups in total. The Hall–Kier alpha value is -2.25. The lowest BCUT2D eigenvalue weighted by Gasteiger charge is -2.10. The summed E-state index contributed by atoms with van der Waals surface area (Å²) in [6.07, 6.45) is 2.38. The van der Waals surface area contributed by atoms with Crippen LogP contribution in [0, 0.1) is 12.7 Å². The molecule has 2 aromatic carbocycles. The highest BCUT2D eigenvalue weighted by molar-refractivity contribution is 7.89. The Balaban J connectivity index is 1.61. The third-order valence-corrected chi connectivity index (χ3v) is 5.44. The van der Waals surface area contributed by atoms with E-state index in [4.69, 9.17) is 0 Å². The standard InChI is InChI=1S/C17H18FN3O2S/c1-13-11-14(18)7-8-17(13)24(22,23)20-9-4-10-21-12-19-15-5-2-3-6-16(15)21/h2-3,5-8,11-12,20H,4,9-10H2,1H3. The first-order valence-corrected chi connectivity index (χ1v) is 9.11. The SMILES string of the molecule is Cc1cc(F)ccc1S(=O)(=O)NCCCn1cnc2ccccc21. The van der Waals surface area contributed by atoms with Gasteiger partial charge in [-0.25, -0.2) is 22.5 Å². The molecule has 0 unspecified atom stereocenters. The van der Waals surface area contributed by atoms with Crippen molar-refractivity contribution in [1.82, 2.24) is 14.3 Å². The minimum Gasteiger partial charge on any atom is -0.331 e. The Morgan fingerprint density at radius 1 is 1.21 bits per heavy atom. The summed E-state index contributed by atoms with van der Waals surface area (Å²) < 4.78 is 42.2. The normalized spacial score (nSPS) is 11.9. The number of aromatic nitrogens is 2. The Bertz CT molecular complexity index is 967. The van der Waals surface area contributed by atoms with E-state index in [-0.39, 0.29) is 4.90 Å². The van der Waals surface area contributed by atoms with Gasteiger partial charge in [0.15, 0.2) is 0 Å². The number of sulfonamides is 1.